The third-order valence-corrected chi connectivity index (χ3v) is 3.72. The smallest absolute Gasteiger partial charge is 0.269 e. The van der Waals surface area contributed by atoms with E-state index in [1.807, 2.05) is 30.3 Å². The zero-order valence-corrected chi connectivity index (χ0v) is 13.3. The molecule has 0 aliphatic rings. The summed E-state index contributed by atoms with van der Waals surface area (Å²) in [6, 6.07) is 14.8. The van der Waals surface area contributed by atoms with Crippen molar-refractivity contribution in [3.8, 4) is 0 Å². The van der Waals surface area contributed by atoms with Crippen molar-refractivity contribution in [1.29, 1.82) is 0 Å². The van der Waals surface area contributed by atoms with Crippen LogP contribution in [0.2, 0.25) is 0 Å². The van der Waals surface area contributed by atoms with Crippen molar-refractivity contribution < 1.29 is 4.92 Å². The fourth-order valence-electron chi connectivity index (χ4n) is 2.25. The molecule has 0 aromatic heterocycles. The second-order valence-electron chi connectivity index (χ2n) is 4.85. The molecular formula is C16H17BrN2O2. The fourth-order valence-corrected chi connectivity index (χ4v) is 2.64. The van der Waals surface area contributed by atoms with Gasteiger partial charge in [0.2, 0.25) is 0 Å². The Labute approximate surface area is 132 Å². The van der Waals surface area contributed by atoms with E-state index in [9.17, 15) is 10.1 Å². The summed E-state index contributed by atoms with van der Waals surface area (Å²) >= 11 is 3.45. The number of nitro groups is 1. The Bertz CT molecular complexity index is 631. The molecule has 2 aromatic rings. The molecule has 0 radical (unpaired) electrons. The second kappa shape index (κ2) is 7.22. The van der Waals surface area contributed by atoms with Crippen LogP contribution in [-0.2, 0) is 0 Å². The van der Waals surface area contributed by atoms with Gasteiger partial charge in [0.15, 0.2) is 0 Å². The van der Waals surface area contributed by atoms with E-state index in [-0.39, 0.29) is 16.7 Å². The number of nitro benzene ring substituents is 1. The van der Waals surface area contributed by atoms with E-state index in [0.717, 1.165) is 28.6 Å². The maximum absolute atomic E-state index is 10.9. The predicted octanol–water partition coefficient (Wildman–Crippen LogP) is 5.31. The number of rotatable bonds is 6. The molecular weight excluding hydrogens is 332 g/mol. The molecule has 0 aliphatic carbocycles. The first-order valence-electron chi connectivity index (χ1n) is 6.86. The van der Waals surface area contributed by atoms with Crippen LogP contribution in [0.4, 0.5) is 11.4 Å². The summed E-state index contributed by atoms with van der Waals surface area (Å²) in [7, 11) is 0. The number of non-ortho nitro benzene ring substituents is 1. The Morgan fingerprint density at radius 2 is 2.00 bits per heavy atom. The van der Waals surface area contributed by atoms with Crippen LogP contribution in [0.25, 0.3) is 0 Å². The quantitative estimate of drug-likeness (QED) is 0.568. The normalized spacial score (nSPS) is 11.9. The van der Waals surface area contributed by atoms with Gasteiger partial charge in [0.05, 0.1) is 11.0 Å². The molecule has 0 heterocycles. The molecule has 1 N–H and O–H groups in total. The molecule has 0 aliphatic heterocycles. The summed E-state index contributed by atoms with van der Waals surface area (Å²) < 4.78 is 1.00. The maximum atomic E-state index is 10.9. The van der Waals surface area contributed by atoms with Crippen molar-refractivity contribution in [3.05, 3.63) is 68.7 Å². The molecule has 0 fully saturated rings. The SMILES string of the molecule is CCCC(Nc1cccc(Br)c1)c1cccc([N+](=O)[O-])c1. The molecule has 110 valence electrons. The molecule has 4 nitrogen and oxygen atoms in total. The van der Waals surface area contributed by atoms with Crippen LogP contribution in [0.5, 0.6) is 0 Å². The first-order valence-corrected chi connectivity index (χ1v) is 7.66. The number of nitrogens with one attached hydrogen (secondary N) is 1. The van der Waals surface area contributed by atoms with Gasteiger partial charge >= 0.3 is 0 Å². The second-order valence-corrected chi connectivity index (χ2v) is 5.76. The molecule has 0 saturated heterocycles. The van der Waals surface area contributed by atoms with E-state index >= 15 is 0 Å². The van der Waals surface area contributed by atoms with Crippen LogP contribution in [0, 0.1) is 10.1 Å². The van der Waals surface area contributed by atoms with Gasteiger partial charge in [-0.3, -0.25) is 10.1 Å². The third kappa shape index (κ3) is 4.29. The molecule has 2 aromatic carbocycles. The zero-order valence-electron chi connectivity index (χ0n) is 11.8. The Morgan fingerprint density at radius 3 is 2.67 bits per heavy atom. The summed E-state index contributed by atoms with van der Waals surface area (Å²) in [5.74, 6) is 0. The van der Waals surface area contributed by atoms with Gasteiger partial charge in [-0.05, 0) is 30.2 Å². The number of benzene rings is 2. The Hall–Kier alpha value is -1.88. The van der Waals surface area contributed by atoms with Crippen LogP contribution in [0.1, 0.15) is 31.4 Å². The van der Waals surface area contributed by atoms with Crippen molar-refractivity contribution in [2.75, 3.05) is 5.32 Å². The van der Waals surface area contributed by atoms with E-state index < -0.39 is 0 Å². The van der Waals surface area contributed by atoms with Crippen LogP contribution < -0.4 is 5.32 Å². The summed E-state index contributed by atoms with van der Waals surface area (Å²) in [4.78, 5) is 10.6. The highest BCUT2D eigenvalue weighted by Crippen LogP contribution is 2.27. The largest absolute Gasteiger partial charge is 0.378 e. The van der Waals surface area contributed by atoms with E-state index in [1.165, 1.54) is 6.07 Å². The van der Waals surface area contributed by atoms with Crippen molar-refractivity contribution >= 4 is 27.3 Å². The average Bonchev–Trinajstić information content (AvgIpc) is 2.47. The number of anilines is 1. The minimum Gasteiger partial charge on any atom is -0.378 e. The molecule has 1 unspecified atom stereocenters. The lowest BCUT2D eigenvalue weighted by Gasteiger charge is -2.20. The van der Waals surface area contributed by atoms with Gasteiger partial charge in [-0.2, -0.15) is 0 Å². The molecule has 2 rings (SSSR count). The topological polar surface area (TPSA) is 55.2 Å². The third-order valence-electron chi connectivity index (χ3n) is 3.23. The highest BCUT2D eigenvalue weighted by Gasteiger charge is 2.14. The molecule has 0 spiro atoms. The number of hydrogen-bond acceptors (Lipinski definition) is 3. The monoisotopic (exact) mass is 348 g/mol. The summed E-state index contributed by atoms with van der Waals surface area (Å²) in [6.45, 7) is 2.10. The van der Waals surface area contributed by atoms with Crippen molar-refractivity contribution in [2.45, 2.75) is 25.8 Å². The van der Waals surface area contributed by atoms with Crippen LogP contribution in [-0.4, -0.2) is 4.92 Å². The molecule has 5 heteroatoms. The minimum atomic E-state index is -0.356. The van der Waals surface area contributed by atoms with Crippen molar-refractivity contribution in [3.63, 3.8) is 0 Å². The number of nitrogens with zero attached hydrogens (tertiary/aromatic N) is 1. The average molecular weight is 349 g/mol. The highest BCUT2D eigenvalue weighted by molar-refractivity contribution is 9.10. The Kier molecular flexibility index (Phi) is 5.33. The van der Waals surface area contributed by atoms with Gasteiger partial charge in [0, 0.05) is 22.3 Å². The minimum absolute atomic E-state index is 0.0594. The lowest BCUT2D eigenvalue weighted by molar-refractivity contribution is -0.384. The highest BCUT2D eigenvalue weighted by atomic mass is 79.9. The van der Waals surface area contributed by atoms with E-state index in [0.29, 0.717) is 0 Å². The van der Waals surface area contributed by atoms with Crippen LogP contribution in [0.3, 0.4) is 0 Å². The van der Waals surface area contributed by atoms with E-state index in [4.69, 9.17) is 0 Å². The lowest BCUT2D eigenvalue weighted by atomic mass is 10.0. The van der Waals surface area contributed by atoms with Gasteiger partial charge in [-0.15, -0.1) is 0 Å². The molecule has 0 bridgehead atoms. The van der Waals surface area contributed by atoms with E-state index in [1.54, 1.807) is 12.1 Å². The van der Waals surface area contributed by atoms with Gasteiger partial charge in [0.1, 0.15) is 0 Å². The Morgan fingerprint density at radius 1 is 1.24 bits per heavy atom. The van der Waals surface area contributed by atoms with Crippen molar-refractivity contribution in [2.24, 2.45) is 0 Å². The van der Waals surface area contributed by atoms with Crippen LogP contribution in [0.15, 0.2) is 53.0 Å². The van der Waals surface area contributed by atoms with Gasteiger partial charge in [-0.1, -0.05) is 47.5 Å². The predicted molar refractivity (Wildman–Crippen MR) is 88.5 cm³/mol. The lowest BCUT2D eigenvalue weighted by Crippen LogP contribution is -2.10. The number of halogens is 1. The fraction of sp³-hybridized carbons (Fsp3) is 0.250. The van der Waals surface area contributed by atoms with Crippen molar-refractivity contribution in [1.82, 2.24) is 0 Å². The Balaban J connectivity index is 2.26. The van der Waals surface area contributed by atoms with Gasteiger partial charge in [-0.25, -0.2) is 0 Å². The summed E-state index contributed by atoms with van der Waals surface area (Å²) in [5, 5.41) is 14.4. The summed E-state index contributed by atoms with van der Waals surface area (Å²) in [6.07, 6.45) is 1.90. The number of hydrogen-bond donors (Lipinski definition) is 1. The first-order chi connectivity index (χ1) is 10.1. The maximum Gasteiger partial charge on any atom is 0.269 e. The van der Waals surface area contributed by atoms with Gasteiger partial charge < -0.3 is 5.32 Å². The van der Waals surface area contributed by atoms with Gasteiger partial charge in [0.25, 0.3) is 5.69 Å². The molecule has 0 amide bonds. The first kappa shape index (κ1) is 15.5. The molecule has 0 saturated carbocycles. The zero-order chi connectivity index (χ0) is 15.2. The van der Waals surface area contributed by atoms with E-state index in [2.05, 4.69) is 28.2 Å². The molecule has 21 heavy (non-hydrogen) atoms. The molecule has 1 atom stereocenters. The standard InChI is InChI=1S/C16H17BrN2O2/c1-2-5-16(18-14-8-4-7-13(17)11-14)12-6-3-9-15(10-12)19(20)21/h3-4,6-11,16,18H,2,5H2,1H3. The van der Waals surface area contributed by atoms with Crippen LogP contribution >= 0.6 is 15.9 Å². The summed E-state index contributed by atoms with van der Waals surface area (Å²) in [5.41, 5.74) is 2.06.